The highest BCUT2D eigenvalue weighted by molar-refractivity contribution is 7.94. The van der Waals surface area contributed by atoms with Crippen molar-refractivity contribution < 1.29 is 17.8 Å². The van der Waals surface area contributed by atoms with E-state index in [-0.39, 0.29) is 24.0 Å². The Hall–Kier alpha value is -2.22. The van der Waals surface area contributed by atoms with Crippen molar-refractivity contribution in [2.45, 2.75) is 13.0 Å². The molecule has 0 radical (unpaired) electrons. The molecule has 0 saturated carbocycles. The minimum Gasteiger partial charge on any atom is -0.352 e. The first-order chi connectivity index (χ1) is 10.0. The largest absolute Gasteiger partial charge is 0.352 e. The number of nitrogens with one attached hydrogen (secondary N) is 1. The molecule has 0 aliphatic carbocycles. The maximum atomic E-state index is 11.8. The third kappa shape index (κ3) is 3.27. The zero-order chi connectivity index (χ0) is 14.9. The van der Waals surface area contributed by atoms with Crippen LogP contribution in [-0.2, 0) is 21.2 Å². The van der Waals surface area contributed by atoms with Crippen LogP contribution in [0.2, 0.25) is 0 Å². The minimum absolute atomic E-state index is 0.0109. The van der Waals surface area contributed by atoms with Gasteiger partial charge in [0, 0.05) is 24.3 Å². The van der Waals surface area contributed by atoms with Gasteiger partial charge in [0.25, 0.3) is 0 Å². The molecule has 110 valence electrons. The highest BCUT2D eigenvalue weighted by atomic mass is 32.2. The highest BCUT2D eigenvalue weighted by Crippen LogP contribution is 2.18. The second kappa shape index (κ2) is 5.28. The van der Waals surface area contributed by atoms with E-state index < -0.39 is 9.84 Å². The molecule has 1 aromatic carbocycles. The molecule has 0 saturated heterocycles. The number of carbonyl (C=O) groups is 1. The monoisotopic (exact) mass is 307 g/mol. The molecule has 1 atom stereocenters. The molecule has 1 amide bonds. The summed E-state index contributed by atoms with van der Waals surface area (Å²) >= 11 is 0. The molecular formula is C13H13N3O4S. The molecule has 1 aromatic heterocycles. The molecule has 7 nitrogen and oxygen atoms in total. The van der Waals surface area contributed by atoms with Gasteiger partial charge in [-0.3, -0.25) is 4.79 Å². The number of rotatable bonds is 4. The molecule has 0 spiro atoms. The van der Waals surface area contributed by atoms with Crippen molar-refractivity contribution in [3.63, 3.8) is 0 Å². The molecule has 1 N–H and O–H groups in total. The summed E-state index contributed by atoms with van der Waals surface area (Å²) in [6.07, 6.45) is 1.74. The van der Waals surface area contributed by atoms with Crippen LogP contribution >= 0.6 is 0 Å². The lowest BCUT2D eigenvalue weighted by molar-refractivity contribution is -0.121. The highest BCUT2D eigenvalue weighted by Gasteiger charge is 2.23. The van der Waals surface area contributed by atoms with E-state index in [1.807, 2.05) is 6.07 Å². The Balaban J connectivity index is 1.55. The van der Waals surface area contributed by atoms with E-state index in [1.165, 1.54) is 5.41 Å². The number of nitrogens with zero attached hydrogens (tertiary/aromatic N) is 2. The number of hydrogen-bond donors (Lipinski definition) is 1. The van der Waals surface area contributed by atoms with Crippen LogP contribution in [0, 0.1) is 5.92 Å². The average Bonchev–Trinajstić information content (AvgIpc) is 3.02. The molecular weight excluding hydrogens is 294 g/mol. The Morgan fingerprint density at radius 3 is 2.90 bits per heavy atom. The Morgan fingerprint density at radius 2 is 2.14 bits per heavy atom. The maximum absolute atomic E-state index is 11.8. The fraction of sp³-hybridized carbons (Fsp3) is 0.308. The number of benzene rings is 1. The molecule has 1 aliphatic rings. The smallest absolute Gasteiger partial charge is 0.220 e. The normalized spacial score (nSPS) is 19.9. The number of amides is 1. The molecule has 0 fully saturated rings. The van der Waals surface area contributed by atoms with Crippen LogP contribution in [0.15, 0.2) is 34.3 Å². The van der Waals surface area contributed by atoms with Gasteiger partial charge in [0.2, 0.25) is 5.91 Å². The maximum Gasteiger partial charge on any atom is 0.220 e. The fourth-order valence-corrected chi connectivity index (χ4v) is 3.61. The summed E-state index contributed by atoms with van der Waals surface area (Å²) in [5.74, 6) is -0.408. The van der Waals surface area contributed by atoms with Crippen LogP contribution in [0.4, 0.5) is 0 Å². The molecule has 21 heavy (non-hydrogen) atoms. The van der Waals surface area contributed by atoms with Gasteiger partial charge in [-0.1, -0.05) is 12.1 Å². The predicted molar refractivity (Wildman–Crippen MR) is 74.7 cm³/mol. The molecule has 2 aromatic rings. The zero-order valence-corrected chi connectivity index (χ0v) is 11.8. The number of aromatic nitrogens is 2. The van der Waals surface area contributed by atoms with Gasteiger partial charge in [-0.2, -0.15) is 0 Å². The summed E-state index contributed by atoms with van der Waals surface area (Å²) in [5.41, 5.74) is 2.17. The third-order valence-corrected chi connectivity index (χ3v) is 4.72. The average molecular weight is 307 g/mol. The predicted octanol–water partition coefficient (Wildman–Crippen LogP) is 0.787. The van der Waals surface area contributed by atoms with Gasteiger partial charge in [-0.05, 0) is 28.0 Å². The van der Waals surface area contributed by atoms with E-state index >= 15 is 0 Å². The lowest BCUT2D eigenvalue weighted by Crippen LogP contribution is -2.25. The first kappa shape index (κ1) is 13.7. The van der Waals surface area contributed by atoms with Crippen molar-refractivity contribution in [2.24, 2.45) is 5.92 Å². The fourth-order valence-electron chi connectivity index (χ4n) is 2.22. The van der Waals surface area contributed by atoms with Gasteiger partial charge in [-0.25, -0.2) is 13.0 Å². The third-order valence-electron chi connectivity index (χ3n) is 3.26. The first-order valence-corrected chi connectivity index (χ1v) is 8.12. The molecule has 3 rings (SSSR count). The van der Waals surface area contributed by atoms with Crippen molar-refractivity contribution in [3.05, 3.63) is 35.2 Å². The van der Waals surface area contributed by atoms with E-state index in [1.54, 1.807) is 18.2 Å². The van der Waals surface area contributed by atoms with Gasteiger partial charge in [0.15, 0.2) is 9.84 Å². The Kier molecular flexibility index (Phi) is 3.46. The standard InChI is InChI=1S/C13H13N3O4S/c17-13(6-10-3-4-21(18,19)8-10)14-7-9-1-2-11-12(5-9)16-20-15-11/h1-5,10H,6-8H2,(H,14,17)/t10-/m1/s1. The second-order valence-electron chi connectivity index (χ2n) is 4.99. The molecule has 8 heteroatoms. The van der Waals surface area contributed by atoms with Crippen LogP contribution < -0.4 is 5.32 Å². The number of allylic oxidation sites excluding steroid dienone is 1. The first-order valence-electron chi connectivity index (χ1n) is 6.41. The van der Waals surface area contributed by atoms with Crippen molar-refractivity contribution in [1.82, 2.24) is 15.6 Å². The topological polar surface area (TPSA) is 102 Å². The molecule has 1 aliphatic heterocycles. The summed E-state index contributed by atoms with van der Waals surface area (Å²) < 4.78 is 27.1. The number of hydrogen-bond acceptors (Lipinski definition) is 6. The van der Waals surface area contributed by atoms with E-state index in [9.17, 15) is 13.2 Å². The van der Waals surface area contributed by atoms with Crippen LogP contribution in [0.3, 0.4) is 0 Å². The molecule has 2 heterocycles. The van der Waals surface area contributed by atoms with Crippen LogP contribution in [-0.4, -0.2) is 30.4 Å². The zero-order valence-electron chi connectivity index (χ0n) is 11.0. The summed E-state index contributed by atoms with van der Waals surface area (Å²) in [7, 11) is -3.11. The van der Waals surface area contributed by atoms with E-state index in [2.05, 4.69) is 20.3 Å². The van der Waals surface area contributed by atoms with Gasteiger partial charge in [-0.15, -0.1) is 0 Å². The van der Waals surface area contributed by atoms with E-state index in [0.29, 0.717) is 17.6 Å². The van der Waals surface area contributed by atoms with Gasteiger partial charge >= 0.3 is 0 Å². The van der Waals surface area contributed by atoms with Gasteiger partial charge in [0.05, 0.1) is 5.75 Å². The quantitative estimate of drug-likeness (QED) is 0.896. The number of sulfone groups is 1. The van der Waals surface area contributed by atoms with Crippen LogP contribution in [0.25, 0.3) is 11.0 Å². The van der Waals surface area contributed by atoms with Crippen LogP contribution in [0.1, 0.15) is 12.0 Å². The summed E-state index contributed by atoms with van der Waals surface area (Å²) in [4.78, 5) is 11.8. The minimum atomic E-state index is -3.11. The van der Waals surface area contributed by atoms with Crippen molar-refractivity contribution in [2.75, 3.05) is 5.75 Å². The molecule has 0 unspecified atom stereocenters. The van der Waals surface area contributed by atoms with Gasteiger partial charge in [0.1, 0.15) is 11.0 Å². The van der Waals surface area contributed by atoms with Crippen molar-refractivity contribution >= 4 is 26.8 Å². The lowest BCUT2D eigenvalue weighted by Gasteiger charge is -2.08. The van der Waals surface area contributed by atoms with E-state index in [4.69, 9.17) is 0 Å². The van der Waals surface area contributed by atoms with Crippen molar-refractivity contribution in [3.8, 4) is 0 Å². The van der Waals surface area contributed by atoms with E-state index in [0.717, 1.165) is 5.56 Å². The Bertz CT molecular complexity index is 810. The number of fused-ring (bicyclic) bond motifs is 1. The second-order valence-corrected chi connectivity index (χ2v) is 6.92. The Labute approximate surface area is 120 Å². The SMILES string of the molecule is O=C(C[C@H]1C=CS(=O)(=O)C1)NCc1ccc2nonc2c1. The van der Waals surface area contributed by atoms with Crippen molar-refractivity contribution in [1.29, 1.82) is 0 Å². The summed E-state index contributed by atoms with van der Waals surface area (Å²) in [6.45, 7) is 0.352. The van der Waals surface area contributed by atoms with Gasteiger partial charge < -0.3 is 5.32 Å². The molecule has 0 bridgehead atoms. The lowest BCUT2D eigenvalue weighted by atomic mass is 10.1. The summed E-state index contributed by atoms with van der Waals surface area (Å²) in [5, 5.41) is 11.4. The number of carbonyl (C=O) groups excluding carboxylic acids is 1. The Morgan fingerprint density at radius 1 is 1.33 bits per heavy atom. The summed E-state index contributed by atoms with van der Waals surface area (Å²) in [6, 6.07) is 5.37. The van der Waals surface area contributed by atoms with Crippen LogP contribution in [0.5, 0.6) is 0 Å².